The van der Waals surface area contributed by atoms with E-state index in [9.17, 15) is 14.4 Å². The van der Waals surface area contributed by atoms with Gasteiger partial charge in [-0.1, -0.05) is 18.2 Å². The molecule has 1 aliphatic rings. The van der Waals surface area contributed by atoms with Gasteiger partial charge in [-0.2, -0.15) is 0 Å². The van der Waals surface area contributed by atoms with Crippen LogP contribution in [0.4, 0.5) is 5.69 Å². The quantitative estimate of drug-likeness (QED) is 0.634. The van der Waals surface area contributed by atoms with Crippen molar-refractivity contribution in [3.8, 4) is 0 Å². The van der Waals surface area contributed by atoms with E-state index in [4.69, 9.17) is 0 Å². The number of allylic oxidation sites excluding steroid dienone is 1. The molecule has 0 unspecified atom stereocenters. The molecule has 0 saturated heterocycles. The summed E-state index contributed by atoms with van der Waals surface area (Å²) in [6.45, 7) is 1.86. The van der Waals surface area contributed by atoms with Crippen molar-refractivity contribution in [3.63, 3.8) is 0 Å². The van der Waals surface area contributed by atoms with E-state index in [0.29, 0.717) is 23.2 Å². The first kappa shape index (κ1) is 11.3. The van der Waals surface area contributed by atoms with Gasteiger partial charge in [0.1, 0.15) is 6.29 Å². The Morgan fingerprint density at radius 2 is 2.06 bits per heavy atom. The number of aldehydes is 1. The largest absolute Gasteiger partial charge is 0.318 e. The van der Waals surface area contributed by atoms with E-state index < -0.39 is 11.7 Å². The maximum atomic E-state index is 11.7. The fraction of sp³-hybridized carbons (Fsp3) is 0.154. The average molecular weight is 229 g/mol. The maximum Gasteiger partial charge on any atom is 0.296 e. The van der Waals surface area contributed by atoms with Crippen LogP contribution in [-0.2, 0) is 9.59 Å². The number of benzene rings is 1. The van der Waals surface area contributed by atoms with Gasteiger partial charge >= 0.3 is 0 Å². The molecule has 0 spiro atoms. The zero-order valence-electron chi connectivity index (χ0n) is 9.32. The van der Waals surface area contributed by atoms with Gasteiger partial charge in [0.25, 0.3) is 11.7 Å². The lowest BCUT2D eigenvalue weighted by molar-refractivity contribution is -0.112. The number of hydrogen-bond acceptors (Lipinski definition) is 3. The van der Waals surface area contributed by atoms with Gasteiger partial charge in [-0.25, -0.2) is 0 Å². The summed E-state index contributed by atoms with van der Waals surface area (Å²) in [5.41, 5.74) is 2.54. The van der Waals surface area contributed by atoms with Crippen LogP contribution in [0.3, 0.4) is 0 Å². The highest BCUT2D eigenvalue weighted by atomic mass is 16.2. The maximum absolute atomic E-state index is 11.7. The molecule has 0 atom stereocenters. The van der Waals surface area contributed by atoms with E-state index in [2.05, 4.69) is 5.32 Å². The molecule has 0 radical (unpaired) electrons. The number of aryl methyl sites for hydroxylation is 1. The average Bonchev–Trinajstić information content (AvgIpc) is 2.59. The summed E-state index contributed by atoms with van der Waals surface area (Å²) >= 11 is 0. The van der Waals surface area contributed by atoms with E-state index in [0.717, 1.165) is 11.8 Å². The predicted molar refractivity (Wildman–Crippen MR) is 63.9 cm³/mol. The summed E-state index contributed by atoms with van der Waals surface area (Å²) in [4.78, 5) is 33.2. The fourth-order valence-electron chi connectivity index (χ4n) is 1.82. The first-order valence-corrected chi connectivity index (χ1v) is 5.24. The third-order valence-corrected chi connectivity index (χ3v) is 2.66. The van der Waals surface area contributed by atoms with Crippen molar-refractivity contribution in [1.29, 1.82) is 0 Å². The molecule has 1 aliphatic heterocycles. The lowest BCUT2D eigenvalue weighted by Gasteiger charge is -2.05. The molecule has 17 heavy (non-hydrogen) atoms. The van der Waals surface area contributed by atoms with Crippen LogP contribution in [0.25, 0.3) is 6.08 Å². The Morgan fingerprint density at radius 1 is 1.29 bits per heavy atom. The first-order valence-electron chi connectivity index (χ1n) is 5.24. The summed E-state index contributed by atoms with van der Waals surface area (Å²) < 4.78 is 0. The zero-order valence-corrected chi connectivity index (χ0v) is 9.32. The van der Waals surface area contributed by atoms with Crippen LogP contribution in [-0.4, -0.2) is 18.0 Å². The number of anilines is 1. The van der Waals surface area contributed by atoms with E-state index >= 15 is 0 Å². The Bertz CT molecular complexity index is 544. The molecular formula is C13H11NO3. The molecule has 0 aromatic heterocycles. The van der Waals surface area contributed by atoms with Crippen LogP contribution in [0, 0.1) is 6.92 Å². The number of ketones is 1. The van der Waals surface area contributed by atoms with Gasteiger partial charge in [-0.05, 0) is 24.1 Å². The van der Waals surface area contributed by atoms with Crippen molar-refractivity contribution in [2.24, 2.45) is 0 Å². The van der Waals surface area contributed by atoms with Crippen molar-refractivity contribution in [2.75, 3.05) is 5.32 Å². The molecule has 0 aliphatic carbocycles. The lowest BCUT2D eigenvalue weighted by Crippen LogP contribution is -2.13. The molecule has 4 nitrogen and oxygen atoms in total. The Morgan fingerprint density at radius 3 is 2.76 bits per heavy atom. The van der Waals surface area contributed by atoms with E-state index in [1.165, 1.54) is 0 Å². The molecule has 1 aromatic rings. The Balaban J connectivity index is 2.52. The van der Waals surface area contributed by atoms with E-state index in [1.807, 2.05) is 13.0 Å². The second kappa shape index (κ2) is 4.33. The number of rotatable bonds is 3. The van der Waals surface area contributed by atoms with Crippen molar-refractivity contribution in [1.82, 2.24) is 0 Å². The Labute approximate surface area is 98.3 Å². The number of hydrogen-bond donors (Lipinski definition) is 1. The topological polar surface area (TPSA) is 63.2 Å². The number of carbonyl (C=O) groups is 3. The number of carbonyl (C=O) groups excluding carboxylic acids is 3. The van der Waals surface area contributed by atoms with Gasteiger partial charge < -0.3 is 10.1 Å². The molecule has 86 valence electrons. The van der Waals surface area contributed by atoms with Gasteiger partial charge in [0, 0.05) is 6.42 Å². The summed E-state index contributed by atoms with van der Waals surface area (Å²) in [7, 11) is 0. The third-order valence-electron chi connectivity index (χ3n) is 2.66. The minimum atomic E-state index is -0.601. The molecule has 1 N–H and O–H groups in total. The normalized spacial score (nSPS) is 13.9. The molecule has 1 aromatic carbocycles. The second-order valence-electron chi connectivity index (χ2n) is 3.81. The third kappa shape index (κ3) is 1.89. The van der Waals surface area contributed by atoms with Gasteiger partial charge in [0.15, 0.2) is 0 Å². The van der Waals surface area contributed by atoms with Crippen LogP contribution in [0.2, 0.25) is 0 Å². The monoisotopic (exact) mass is 229 g/mol. The molecular weight excluding hydrogens is 218 g/mol. The van der Waals surface area contributed by atoms with Gasteiger partial charge in [0.2, 0.25) is 0 Å². The lowest BCUT2D eigenvalue weighted by atomic mass is 9.98. The van der Waals surface area contributed by atoms with Gasteiger partial charge in [-0.3, -0.25) is 9.59 Å². The molecule has 1 amide bonds. The van der Waals surface area contributed by atoms with Crippen molar-refractivity contribution in [3.05, 3.63) is 34.9 Å². The highest BCUT2D eigenvalue weighted by Gasteiger charge is 2.30. The summed E-state index contributed by atoms with van der Waals surface area (Å²) in [5.74, 6) is -1.12. The fourth-order valence-corrected chi connectivity index (χ4v) is 1.82. The minimum Gasteiger partial charge on any atom is -0.318 e. The molecule has 0 saturated carbocycles. The molecule has 4 heteroatoms. The van der Waals surface area contributed by atoms with Crippen molar-refractivity contribution >= 4 is 29.7 Å². The minimum absolute atomic E-state index is 0.290. The summed E-state index contributed by atoms with van der Waals surface area (Å²) in [6.07, 6.45) is 4.45. The molecule has 2 rings (SSSR count). The van der Waals surface area contributed by atoms with Crippen molar-refractivity contribution < 1.29 is 14.4 Å². The van der Waals surface area contributed by atoms with Crippen LogP contribution in [0.5, 0.6) is 0 Å². The summed E-state index contributed by atoms with van der Waals surface area (Å²) in [5, 5.41) is 2.51. The Hall–Kier alpha value is -2.23. The smallest absolute Gasteiger partial charge is 0.296 e. The molecule has 0 bridgehead atoms. The number of fused-ring (bicyclic) bond motifs is 1. The molecule has 1 heterocycles. The predicted octanol–water partition coefficient (Wildman–Crippen LogP) is 1.73. The van der Waals surface area contributed by atoms with Crippen LogP contribution in [0.15, 0.2) is 18.2 Å². The zero-order chi connectivity index (χ0) is 12.4. The van der Waals surface area contributed by atoms with Crippen LogP contribution in [0.1, 0.15) is 27.9 Å². The summed E-state index contributed by atoms with van der Waals surface area (Å²) in [6, 6.07) is 3.54. The van der Waals surface area contributed by atoms with Crippen LogP contribution >= 0.6 is 0 Å². The van der Waals surface area contributed by atoms with E-state index in [-0.39, 0.29) is 0 Å². The van der Waals surface area contributed by atoms with Crippen molar-refractivity contribution in [2.45, 2.75) is 13.3 Å². The Kier molecular flexibility index (Phi) is 2.87. The van der Waals surface area contributed by atoms with Gasteiger partial charge in [-0.15, -0.1) is 0 Å². The highest BCUT2D eigenvalue weighted by molar-refractivity contribution is 6.52. The van der Waals surface area contributed by atoms with Gasteiger partial charge in [0.05, 0.1) is 11.3 Å². The van der Waals surface area contributed by atoms with Crippen LogP contribution < -0.4 is 5.32 Å². The SMILES string of the molecule is Cc1ccc2c(c1C=CCC=O)C(=O)C(=O)N2. The number of Topliss-reactive ketones (excluding diaryl/α,β-unsaturated/α-hetero) is 1. The number of amides is 1. The van der Waals surface area contributed by atoms with E-state index in [1.54, 1.807) is 18.2 Å². The first-order chi connectivity index (χ1) is 8.15. The standard InChI is InChI=1S/C13H11NO3/c1-8-5-6-10-11(12(16)13(17)14-10)9(8)4-2-3-7-15/h2,4-7H,3H2,1H3,(H,14,16,17). The molecule has 0 fully saturated rings. The second-order valence-corrected chi connectivity index (χ2v) is 3.81. The number of nitrogens with one attached hydrogen (secondary N) is 1. The highest BCUT2D eigenvalue weighted by Crippen LogP contribution is 2.29.